The number of hydrogen-bond acceptors (Lipinski definition) is 3. The summed E-state index contributed by atoms with van der Waals surface area (Å²) in [5.74, 6) is 2.62. The van der Waals surface area contributed by atoms with Crippen LogP contribution in [0.5, 0.6) is 0 Å². The van der Waals surface area contributed by atoms with Gasteiger partial charge >= 0.3 is 5.97 Å². The van der Waals surface area contributed by atoms with Crippen LogP contribution in [0, 0.1) is 0 Å². The second-order valence-corrected chi connectivity index (χ2v) is 6.05. The van der Waals surface area contributed by atoms with Crippen molar-refractivity contribution >= 4 is 52.5 Å². The van der Waals surface area contributed by atoms with Crippen molar-refractivity contribution in [3.8, 4) is 0 Å². The Kier molecular flexibility index (Phi) is 18.7. The molecule has 2 nitrogen and oxygen atoms in total. The predicted octanol–water partition coefficient (Wildman–Crippen LogP) is 4.46. The molecule has 6 heteroatoms. The van der Waals surface area contributed by atoms with Gasteiger partial charge in [0, 0.05) is 6.92 Å². The molecule has 0 aromatic carbocycles. The van der Waals surface area contributed by atoms with Crippen LogP contribution in [0.1, 0.15) is 33.1 Å². The molecule has 1 rings (SSSR count). The molecule has 0 unspecified atom stereocenters. The highest BCUT2D eigenvalue weighted by atomic mass is 35.6. The summed E-state index contributed by atoms with van der Waals surface area (Å²) in [5, 5.41) is 0. The van der Waals surface area contributed by atoms with Crippen LogP contribution in [0.25, 0.3) is 0 Å². The molecule has 0 spiro atoms. The van der Waals surface area contributed by atoms with E-state index in [2.05, 4.69) is 16.5 Å². The van der Waals surface area contributed by atoms with Crippen LogP contribution in [0.2, 0.25) is 0 Å². The Bertz CT molecular complexity index is 139. The molecule has 0 N–H and O–H groups in total. The lowest BCUT2D eigenvalue weighted by atomic mass is 10.3. The van der Waals surface area contributed by atoms with Gasteiger partial charge < -0.3 is 4.74 Å². The van der Waals surface area contributed by atoms with Gasteiger partial charge in [0.25, 0.3) is 0 Å². The molecule has 0 bridgehead atoms. The maximum absolute atomic E-state index is 9.82. The lowest BCUT2D eigenvalue weighted by Gasteiger charge is -2.05. The number of carbonyl (C=O) groups is 1. The van der Waals surface area contributed by atoms with Crippen LogP contribution in [0.15, 0.2) is 0 Å². The summed E-state index contributed by atoms with van der Waals surface area (Å²) in [4.78, 5) is 9.82. The van der Waals surface area contributed by atoms with Gasteiger partial charge in [-0.3, -0.25) is 4.79 Å². The van der Waals surface area contributed by atoms with E-state index in [1.54, 1.807) is 6.92 Å². The summed E-state index contributed by atoms with van der Waals surface area (Å²) in [6.45, 7) is 3.65. The van der Waals surface area contributed by atoms with Crippen molar-refractivity contribution in [2.75, 3.05) is 18.1 Å². The van der Waals surface area contributed by atoms with Crippen molar-refractivity contribution in [2.45, 2.75) is 37.4 Å². The van der Waals surface area contributed by atoms with Gasteiger partial charge in [0.1, 0.15) is 0 Å². The third-order valence-corrected chi connectivity index (χ3v) is 2.58. The number of halogens is 3. The fourth-order valence-corrected chi connectivity index (χ4v) is 1.91. The molecule has 16 heavy (non-hydrogen) atoms. The first-order valence-corrected chi connectivity index (χ1v) is 7.60. The molecule has 1 aliphatic heterocycles. The quantitative estimate of drug-likeness (QED) is 0.528. The summed E-state index contributed by atoms with van der Waals surface area (Å²) in [6.07, 6.45) is 4.41. The van der Waals surface area contributed by atoms with E-state index in [1.807, 2.05) is 0 Å². The average Bonchev–Trinajstić information content (AvgIpc) is 2.20. The van der Waals surface area contributed by atoms with Gasteiger partial charge in [0.15, 0.2) is 4.30 Å². The standard InChI is InChI=1S/C5H10S.C4H8O2.CHCl3/c1-2-4-6-5-3-1;1-3-6-4(2)5;2-1(3)4/h1-5H2;3H2,1-2H3;1H. The van der Waals surface area contributed by atoms with Gasteiger partial charge in [0.05, 0.1) is 6.61 Å². The first kappa shape index (κ1) is 19.0. The molecule has 0 amide bonds. The first-order chi connectivity index (χ1) is 7.50. The number of ether oxygens (including phenoxy) is 1. The van der Waals surface area contributed by atoms with Gasteiger partial charge in [-0.1, -0.05) is 41.2 Å². The van der Waals surface area contributed by atoms with Crippen molar-refractivity contribution in [2.24, 2.45) is 0 Å². The van der Waals surface area contributed by atoms with E-state index in [0.717, 1.165) is 0 Å². The normalized spacial score (nSPS) is 14.1. The molecule has 0 aliphatic carbocycles. The van der Waals surface area contributed by atoms with Gasteiger partial charge in [-0.25, -0.2) is 0 Å². The Hall–Kier alpha value is 0.690. The highest BCUT2D eigenvalue weighted by molar-refractivity contribution is 7.99. The predicted molar refractivity (Wildman–Crippen MR) is 74.8 cm³/mol. The fraction of sp³-hybridized carbons (Fsp3) is 0.900. The van der Waals surface area contributed by atoms with E-state index >= 15 is 0 Å². The second-order valence-electron chi connectivity index (χ2n) is 2.85. The van der Waals surface area contributed by atoms with E-state index in [9.17, 15) is 4.79 Å². The molecule has 1 fully saturated rings. The van der Waals surface area contributed by atoms with E-state index in [4.69, 9.17) is 34.8 Å². The largest absolute Gasteiger partial charge is 0.466 e. The lowest BCUT2D eigenvalue weighted by molar-refractivity contribution is -0.140. The summed E-state index contributed by atoms with van der Waals surface area (Å²) < 4.78 is 3.65. The summed E-state index contributed by atoms with van der Waals surface area (Å²) in [7, 11) is 0. The molecule has 1 aliphatic rings. The lowest BCUT2D eigenvalue weighted by Crippen LogP contribution is -1.95. The van der Waals surface area contributed by atoms with Crippen molar-refractivity contribution in [1.82, 2.24) is 0 Å². The van der Waals surface area contributed by atoms with Crippen LogP contribution >= 0.6 is 46.6 Å². The van der Waals surface area contributed by atoms with Crippen molar-refractivity contribution in [3.63, 3.8) is 0 Å². The molecular weight excluding hydrogens is 291 g/mol. The van der Waals surface area contributed by atoms with Gasteiger partial charge in [0.2, 0.25) is 0 Å². The molecule has 98 valence electrons. The molecule has 0 atom stereocenters. The minimum absolute atomic E-state index is 0.211. The molecular formula is C10H19Cl3O2S. The van der Waals surface area contributed by atoms with Crippen LogP contribution in [-0.4, -0.2) is 28.4 Å². The number of carbonyl (C=O) groups excluding carboxylic acids is 1. The second kappa shape index (κ2) is 15.7. The Morgan fingerprint density at radius 1 is 1.25 bits per heavy atom. The highest BCUT2D eigenvalue weighted by Gasteiger charge is 1.95. The van der Waals surface area contributed by atoms with Gasteiger partial charge in [-0.15, -0.1) is 0 Å². The molecule has 1 saturated heterocycles. The number of esters is 1. The summed E-state index contributed by atoms with van der Waals surface area (Å²) in [6, 6.07) is 0. The zero-order valence-corrected chi connectivity index (χ0v) is 12.8. The zero-order chi connectivity index (χ0) is 12.8. The van der Waals surface area contributed by atoms with Gasteiger partial charge in [-0.2, -0.15) is 11.8 Å². The third kappa shape index (κ3) is 29.3. The van der Waals surface area contributed by atoms with E-state index < -0.39 is 4.30 Å². The monoisotopic (exact) mass is 308 g/mol. The van der Waals surface area contributed by atoms with Crippen LogP contribution < -0.4 is 0 Å². The Morgan fingerprint density at radius 2 is 1.69 bits per heavy atom. The molecule has 0 aromatic heterocycles. The minimum atomic E-state index is -0.750. The maximum Gasteiger partial charge on any atom is 0.302 e. The van der Waals surface area contributed by atoms with Crippen LogP contribution in [0.4, 0.5) is 0 Å². The van der Waals surface area contributed by atoms with E-state index in [-0.39, 0.29) is 5.97 Å². The molecule has 0 radical (unpaired) electrons. The SMILES string of the molecule is C1CCSCC1.CCOC(C)=O.ClC(Cl)Cl. The minimum Gasteiger partial charge on any atom is -0.466 e. The van der Waals surface area contributed by atoms with Gasteiger partial charge in [-0.05, 0) is 31.3 Å². The smallest absolute Gasteiger partial charge is 0.302 e. The van der Waals surface area contributed by atoms with Crippen LogP contribution in [0.3, 0.4) is 0 Å². The molecule has 0 aromatic rings. The summed E-state index contributed by atoms with van der Waals surface area (Å²) >= 11 is 16.5. The Balaban J connectivity index is 0. The van der Waals surface area contributed by atoms with Crippen molar-refractivity contribution < 1.29 is 9.53 Å². The van der Waals surface area contributed by atoms with E-state index in [0.29, 0.717) is 6.61 Å². The zero-order valence-electron chi connectivity index (χ0n) is 9.68. The maximum atomic E-state index is 9.82. The highest BCUT2D eigenvalue weighted by Crippen LogP contribution is 2.14. The average molecular weight is 310 g/mol. The molecule has 1 heterocycles. The van der Waals surface area contributed by atoms with Crippen LogP contribution in [-0.2, 0) is 9.53 Å². The number of thioether (sulfide) groups is 1. The topological polar surface area (TPSA) is 26.3 Å². The van der Waals surface area contributed by atoms with Crippen molar-refractivity contribution in [3.05, 3.63) is 0 Å². The summed E-state index contributed by atoms with van der Waals surface area (Å²) in [5.41, 5.74) is 0. The first-order valence-electron chi connectivity index (χ1n) is 5.14. The van der Waals surface area contributed by atoms with Crippen molar-refractivity contribution in [1.29, 1.82) is 0 Å². The number of hydrogen-bond donors (Lipinski definition) is 0. The number of rotatable bonds is 1. The Labute approximate surface area is 117 Å². The molecule has 0 saturated carbocycles. The Morgan fingerprint density at radius 3 is 1.75 bits per heavy atom. The van der Waals surface area contributed by atoms with E-state index in [1.165, 1.54) is 37.7 Å². The number of alkyl halides is 3. The third-order valence-electron chi connectivity index (χ3n) is 1.42. The fourth-order valence-electron chi connectivity index (χ4n) is 0.890.